The number of ether oxygens (including phenoxy) is 2. The van der Waals surface area contributed by atoms with Crippen molar-refractivity contribution in [2.45, 2.75) is 20.0 Å². The van der Waals surface area contributed by atoms with Crippen LogP contribution >= 0.6 is 0 Å². The number of benzene rings is 2. The van der Waals surface area contributed by atoms with Gasteiger partial charge in [0, 0.05) is 5.56 Å². The Balaban J connectivity index is 2.38. The van der Waals surface area contributed by atoms with E-state index in [0.717, 1.165) is 0 Å². The lowest BCUT2D eigenvalue weighted by atomic mass is 10.0. The zero-order chi connectivity index (χ0) is 15.4. The molecule has 0 spiro atoms. The third-order valence-corrected chi connectivity index (χ3v) is 2.91. The minimum Gasteiger partial charge on any atom is -0.494 e. The zero-order valence-corrected chi connectivity index (χ0v) is 12.2. The number of ketones is 1. The first-order chi connectivity index (χ1) is 10.0. The maximum atomic E-state index is 13.7. The maximum absolute atomic E-state index is 13.7. The van der Waals surface area contributed by atoms with E-state index in [-0.39, 0.29) is 23.2 Å². The van der Waals surface area contributed by atoms with Crippen molar-refractivity contribution in [3.8, 4) is 11.5 Å². The van der Waals surface area contributed by atoms with Crippen LogP contribution in [0, 0.1) is 5.82 Å². The third kappa shape index (κ3) is 3.40. The number of hydrogen-bond donors (Lipinski definition) is 0. The highest BCUT2D eigenvalue weighted by Gasteiger charge is 2.16. The summed E-state index contributed by atoms with van der Waals surface area (Å²) in [6, 6.07) is 11.1. The summed E-state index contributed by atoms with van der Waals surface area (Å²) in [5, 5.41) is 0. The number of methoxy groups -OCH3 is 1. The number of hydrogen-bond acceptors (Lipinski definition) is 3. The minimum absolute atomic E-state index is 0.0495. The van der Waals surface area contributed by atoms with Crippen LogP contribution in [-0.2, 0) is 0 Å². The predicted molar refractivity (Wildman–Crippen MR) is 78.6 cm³/mol. The van der Waals surface area contributed by atoms with E-state index in [1.165, 1.54) is 25.3 Å². The van der Waals surface area contributed by atoms with Crippen LogP contribution in [0.15, 0.2) is 42.5 Å². The molecule has 0 saturated heterocycles. The molecule has 2 rings (SSSR count). The van der Waals surface area contributed by atoms with Crippen molar-refractivity contribution < 1.29 is 18.7 Å². The van der Waals surface area contributed by atoms with E-state index in [1.54, 1.807) is 24.3 Å². The molecule has 0 unspecified atom stereocenters. The molecule has 4 heteroatoms. The highest BCUT2D eigenvalue weighted by atomic mass is 19.1. The van der Waals surface area contributed by atoms with Crippen LogP contribution < -0.4 is 9.47 Å². The molecule has 0 amide bonds. The number of carbonyl (C=O) groups is 1. The Labute approximate surface area is 123 Å². The van der Waals surface area contributed by atoms with E-state index < -0.39 is 5.82 Å². The van der Waals surface area contributed by atoms with Crippen molar-refractivity contribution in [1.82, 2.24) is 0 Å². The molecule has 0 heterocycles. The Morgan fingerprint density at radius 2 is 1.81 bits per heavy atom. The lowest BCUT2D eigenvalue weighted by Gasteiger charge is -2.13. The molecule has 110 valence electrons. The van der Waals surface area contributed by atoms with Gasteiger partial charge in [-0.3, -0.25) is 4.79 Å². The average Bonchev–Trinajstić information content (AvgIpc) is 2.46. The molecular formula is C17H17FO3. The number of carbonyl (C=O) groups excluding carboxylic acids is 1. The summed E-state index contributed by atoms with van der Waals surface area (Å²) in [4.78, 5) is 12.5. The topological polar surface area (TPSA) is 35.5 Å². The van der Waals surface area contributed by atoms with Gasteiger partial charge in [-0.1, -0.05) is 12.1 Å². The molecule has 2 aromatic rings. The Kier molecular flexibility index (Phi) is 4.58. The van der Waals surface area contributed by atoms with Gasteiger partial charge in [0.15, 0.2) is 17.3 Å². The molecule has 0 aliphatic carbocycles. The van der Waals surface area contributed by atoms with Gasteiger partial charge in [-0.05, 0) is 44.2 Å². The van der Waals surface area contributed by atoms with Crippen LogP contribution in [-0.4, -0.2) is 19.0 Å². The molecule has 0 saturated carbocycles. The van der Waals surface area contributed by atoms with Gasteiger partial charge in [0.25, 0.3) is 0 Å². The molecule has 0 radical (unpaired) electrons. The summed E-state index contributed by atoms with van der Waals surface area (Å²) in [5.74, 6) is -0.245. The molecule has 2 aromatic carbocycles. The summed E-state index contributed by atoms with van der Waals surface area (Å²) >= 11 is 0. The van der Waals surface area contributed by atoms with E-state index in [2.05, 4.69) is 0 Å². The second-order valence-electron chi connectivity index (χ2n) is 4.84. The van der Waals surface area contributed by atoms with Gasteiger partial charge in [0.2, 0.25) is 0 Å². The van der Waals surface area contributed by atoms with Gasteiger partial charge in [-0.15, -0.1) is 0 Å². The fraction of sp³-hybridized carbons (Fsp3) is 0.235. The fourth-order valence-electron chi connectivity index (χ4n) is 1.97. The van der Waals surface area contributed by atoms with E-state index in [0.29, 0.717) is 11.3 Å². The Morgan fingerprint density at radius 3 is 2.43 bits per heavy atom. The number of halogens is 1. The zero-order valence-electron chi connectivity index (χ0n) is 12.2. The first kappa shape index (κ1) is 15.0. The van der Waals surface area contributed by atoms with Gasteiger partial charge in [0.05, 0.1) is 18.8 Å². The fourth-order valence-corrected chi connectivity index (χ4v) is 1.97. The number of para-hydroxylation sites is 1. The molecule has 0 aliphatic rings. The molecule has 21 heavy (non-hydrogen) atoms. The molecule has 0 fully saturated rings. The van der Waals surface area contributed by atoms with Crippen molar-refractivity contribution in [1.29, 1.82) is 0 Å². The highest BCUT2D eigenvalue weighted by Crippen LogP contribution is 2.25. The van der Waals surface area contributed by atoms with Gasteiger partial charge in [-0.2, -0.15) is 0 Å². The summed E-state index contributed by atoms with van der Waals surface area (Å²) < 4.78 is 24.2. The molecule has 0 N–H and O–H groups in total. The quantitative estimate of drug-likeness (QED) is 0.784. The van der Waals surface area contributed by atoms with Gasteiger partial charge >= 0.3 is 0 Å². The summed E-state index contributed by atoms with van der Waals surface area (Å²) in [6.45, 7) is 3.77. The average molecular weight is 288 g/mol. The lowest BCUT2D eigenvalue weighted by Crippen LogP contribution is -2.11. The van der Waals surface area contributed by atoms with E-state index >= 15 is 0 Å². The van der Waals surface area contributed by atoms with Gasteiger partial charge in [-0.25, -0.2) is 4.39 Å². The monoisotopic (exact) mass is 288 g/mol. The first-order valence-corrected chi connectivity index (χ1v) is 6.67. The Bertz CT molecular complexity index is 650. The summed E-state index contributed by atoms with van der Waals surface area (Å²) in [7, 11) is 1.38. The molecule has 0 bridgehead atoms. The van der Waals surface area contributed by atoms with Gasteiger partial charge < -0.3 is 9.47 Å². The van der Waals surface area contributed by atoms with E-state index in [1.807, 2.05) is 13.8 Å². The Hall–Kier alpha value is -2.36. The third-order valence-electron chi connectivity index (χ3n) is 2.91. The SMILES string of the molecule is COc1ccc(C(=O)c2ccccc2OC(C)C)cc1F. The molecule has 0 atom stereocenters. The molecule has 0 aromatic heterocycles. The molecule has 3 nitrogen and oxygen atoms in total. The Morgan fingerprint density at radius 1 is 1.10 bits per heavy atom. The molecular weight excluding hydrogens is 271 g/mol. The largest absolute Gasteiger partial charge is 0.494 e. The normalized spacial score (nSPS) is 10.5. The first-order valence-electron chi connectivity index (χ1n) is 6.67. The maximum Gasteiger partial charge on any atom is 0.196 e. The molecule has 0 aliphatic heterocycles. The number of rotatable bonds is 5. The highest BCUT2D eigenvalue weighted by molar-refractivity contribution is 6.10. The lowest BCUT2D eigenvalue weighted by molar-refractivity contribution is 0.103. The van der Waals surface area contributed by atoms with Crippen LogP contribution in [0.2, 0.25) is 0 Å². The van der Waals surface area contributed by atoms with Gasteiger partial charge in [0.1, 0.15) is 5.75 Å². The standard InChI is InChI=1S/C17H17FO3/c1-11(2)21-15-7-5-4-6-13(15)17(19)12-8-9-16(20-3)14(18)10-12/h4-11H,1-3H3. The van der Waals surface area contributed by atoms with Crippen molar-refractivity contribution in [2.75, 3.05) is 7.11 Å². The second kappa shape index (κ2) is 6.39. The summed E-state index contributed by atoms with van der Waals surface area (Å²) in [6.07, 6.45) is -0.0495. The summed E-state index contributed by atoms with van der Waals surface area (Å²) in [5.41, 5.74) is 0.670. The van der Waals surface area contributed by atoms with Crippen molar-refractivity contribution in [3.05, 3.63) is 59.4 Å². The van der Waals surface area contributed by atoms with Crippen LogP contribution in [0.1, 0.15) is 29.8 Å². The predicted octanol–water partition coefficient (Wildman–Crippen LogP) is 3.85. The van der Waals surface area contributed by atoms with Crippen molar-refractivity contribution in [3.63, 3.8) is 0 Å². The van der Waals surface area contributed by atoms with Crippen molar-refractivity contribution >= 4 is 5.78 Å². The van der Waals surface area contributed by atoms with Crippen LogP contribution in [0.4, 0.5) is 4.39 Å². The smallest absolute Gasteiger partial charge is 0.196 e. The van der Waals surface area contributed by atoms with Crippen molar-refractivity contribution in [2.24, 2.45) is 0 Å². The minimum atomic E-state index is -0.564. The van der Waals surface area contributed by atoms with Crippen LogP contribution in [0.25, 0.3) is 0 Å². The van der Waals surface area contributed by atoms with E-state index in [4.69, 9.17) is 9.47 Å². The van der Waals surface area contributed by atoms with Crippen LogP contribution in [0.3, 0.4) is 0 Å². The van der Waals surface area contributed by atoms with Crippen LogP contribution in [0.5, 0.6) is 11.5 Å². The second-order valence-corrected chi connectivity index (χ2v) is 4.84. The van der Waals surface area contributed by atoms with E-state index in [9.17, 15) is 9.18 Å².